The van der Waals surface area contributed by atoms with Crippen LogP contribution >= 0.6 is 0 Å². The van der Waals surface area contributed by atoms with Crippen molar-refractivity contribution in [3.63, 3.8) is 0 Å². The lowest BCUT2D eigenvalue weighted by atomic mass is 10.1. The largest absolute Gasteiger partial charge is 0.467 e. The molecule has 1 saturated carbocycles. The van der Waals surface area contributed by atoms with Gasteiger partial charge in [-0.2, -0.15) is 0 Å². The Morgan fingerprint density at radius 2 is 1.82 bits per heavy atom. The molecule has 1 aliphatic heterocycles. The highest BCUT2D eigenvalue weighted by Gasteiger charge is 2.36. The maximum absolute atomic E-state index is 12.7. The van der Waals surface area contributed by atoms with E-state index in [0.29, 0.717) is 17.4 Å². The summed E-state index contributed by atoms with van der Waals surface area (Å²) in [5.74, 6) is -1.49. The number of furan rings is 1. The van der Waals surface area contributed by atoms with Crippen molar-refractivity contribution in [3.8, 4) is 0 Å². The third kappa shape index (κ3) is 3.67. The molecule has 1 aliphatic carbocycles. The number of benzene rings is 1. The highest BCUT2D eigenvalue weighted by Crippen LogP contribution is 2.38. The van der Waals surface area contributed by atoms with Gasteiger partial charge in [0, 0.05) is 23.0 Å². The van der Waals surface area contributed by atoms with Crippen molar-refractivity contribution < 1.29 is 28.3 Å². The Morgan fingerprint density at radius 1 is 1.06 bits per heavy atom. The zero-order valence-electron chi connectivity index (χ0n) is 18.3. The second kappa shape index (κ2) is 7.88. The molecule has 0 bridgehead atoms. The Hall–Kier alpha value is -3.94. The van der Waals surface area contributed by atoms with Crippen molar-refractivity contribution in [1.82, 2.24) is 9.47 Å². The maximum Gasteiger partial charge on any atom is 0.338 e. The van der Waals surface area contributed by atoms with Crippen LogP contribution in [0.4, 0.5) is 0 Å². The summed E-state index contributed by atoms with van der Waals surface area (Å²) in [4.78, 5) is 51.7. The molecule has 3 heterocycles. The number of esters is 1. The normalized spacial score (nSPS) is 15.2. The Morgan fingerprint density at radius 3 is 2.52 bits per heavy atom. The van der Waals surface area contributed by atoms with Crippen molar-refractivity contribution >= 4 is 23.6 Å². The molecular formula is C25H22N2O6. The summed E-state index contributed by atoms with van der Waals surface area (Å²) in [7, 11) is 0. The van der Waals surface area contributed by atoms with Gasteiger partial charge in [0.1, 0.15) is 5.76 Å². The van der Waals surface area contributed by atoms with Gasteiger partial charge in [-0.1, -0.05) is 0 Å². The zero-order chi connectivity index (χ0) is 23.3. The Bertz CT molecular complexity index is 1300. The van der Waals surface area contributed by atoms with E-state index in [0.717, 1.165) is 29.1 Å². The highest BCUT2D eigenvalue weighted by atomic mass is 16.5. The Balaban J connectivity index is 1.28. The van der Waals surface area contributed by atoms with Crippen molar-refractivity contribution in [2.45, 2.75) is 39.3 Å². The van der Waals surface area contributed by atoms with Gasteiger partial charge in [-0.05, 0) is 63.1 Å². The highest BCUT2D eigenvalue weighted by molar-refractivity contribution is 6.21. The van der Waals surface area contributed by atoms with Crippen LogP contribution in [-0.2, 0) is 11.3 Å². The van der Waals surface area contributed by atoms with Crippen molar-refractivity contribution in [2.75, 3.05) is 6.61 Å². The summed E-state index contributed by atoms with van der Waals surface area (Å²) in [6.45, 7) is 3.47. The van der Waals surface area contributed by atoms with Gasteiger partial charge >= 0.3 is 5.97 Å². The predicted octanol–water partition coefficient (Wildman–Crippen LogP) is 3.87. The van der Waals surface area contributed by atoms with E-state index >= 15 is 0 Å². The van der Waals surface area contributed by atoms with Gasteiger partial charge in [-0.25, -0.2) is 4.79 Å². The van der Waals surface area contributed by atoms with Crippen LogP contribution in [0.2, 0.25) is 0 Å². The number of Topliss-reactive ketones (excluding diaryl/α,β-unsaturated/α-hetero) is 1. The first-order valence-electron chi connectivity index (χ1n) is 10.8. The summed E-state index contributed by atoms with van der Waals surface area (Å²) < 4.78 is 12.6. The molecular weight excluding hydrogens is 424 g/mol. The van der Waals surface area contributed by atoms with E-state index in [2.05, 4.69) is 4.57 Å². The number of amides is 2. The molecule has 2 aromatic heterocycles. The monoisotopic (exact) mass is 446 g/mol. The van der Waals surface area contributed by atoms with Gasteiger partial charge in [0.2, 0.25) is 5.78 Å². The third-order valence-electron chi connectivity index (χ3n) is 6.13. The first-order valence-corrected chi connectivity index (χ1v) is 10.8. The topological polar surface area (TPSA) is 98.8 Å². The number of carbonyl (C=O) groups excluding carboxylic acids is 4. The van der Waals surface area contributed by atoms with Crippen LogP contribution in [0.25, 0.3) is 0 Å². The number of fused-ring (bicyclic) bond motifs is 1. The molecule has 0 saturated heterocycles. The number of hydrogen-bond donors (Lipinski definition) is 0. The maximum atomic E-state index is 12.7. The average Bonchev–Trinajstić information content (AvgIpc) is 3.33. The second-order valence-electron chi connectivity index (χ2n) is 8.42. The fraction of sp³-hybridized carbons (Fsp3) is 0.280. The quantitative estimate of drug-likeness (QED) is 0.310. The van der Waals surface area contributed by atoms with Gasteiger partial charge in [-0.15, -0.1) is 0 Å². The standard InChI is InChI=1S/C25H22N2O6/c1-14-10-20(15(2)27(14)17-6-7-17)22(28)13-33-25(31)16-5-8-19-21(11-16)24(30)26(23(19)29)12-18-4-3-9-32-18/h3-5,8-11,17H,6-7,12-13H2,1-2H3. The van der Waals surface area contributed by atoms with Crippen LogP contribution in [0, 0.1) is 13.8 Å². The first kappa shape index (κ1) is 20.9. The first-order chi connectivity index (χ1) is 15.8. The van der Waals surface area contributed by atoms with Crippen LogP contribution in [0.1, 0.15) is 77.5 Å². The fourth-order valence-electron chi connectivity index (χ4n) is 4.37. The van der Waals surface area contributed by atoms with E-state index < -0.39 is 24.4 Å². The minimum Gasteiger partial charge on any atom is -0.467 e. The SMILES string of the molecule is Cc1cc(C(=O)COC(=O)c2ccc3c(c2)C(=O)N(Cc2ccco2)C3=O)c(C)n1C1CC1. The van der Waals surface area contributed by atoms with Crippen molar-refractivity contribution in [1.29, 1.82) is 0 Å². The molecule has 3 aromatic rings. The summed E-state index contributed by atoms with van der Waals surface area (Å²) in [5.41, 5.74) is 2.90. The van der Waals surface area contributed by atoms with Gasteiger partial charge in [0.15, 0.2) is 6.61 Å². The lowest BCUT2D eigenvalue weighted by molar-refractivity contribution is 0.0474. The van der Waals surface area contributed by atoms with Crippen LogP contribution in [0.3, 0.4) is 0 Å². The molecule has 33 heavy (non-hydrogen) atoms. The molecule has 168 valence electrons. The summed E-state index contributed by atoms with van der Waals surface area (Å²) in [6.07, 6.45) is 3.68. The van der Waals surface area contributed by atoms with E-state index in [9.17, 15) is 19.2 Å². The molecule has 1 aromatic carbocycles. The fourth-order valence-corrected chi connectivity index (χ4v) is 4.37. The molecule has 0 radical (unpaired) electrons. The second-order valence-corrected chi connectivity index (χ2v) is 8.42. The summed E-state index contributed by atoms with van der Waals surface area (Å²) in [5, 5.41) is 0. The van der Waals surface area contributed by atoms with Crippen LogP contribution < -0.4 is 0 Å². The van der Waals surface area contributed by atoms with Crippen molar-refractivity contribution in [2.24, 2.45) is 0 Å². The van der Waals surface area contributed by atoms with Crippen LogP contribution in [-0.4, -0.2) is 39.6 Å². The van der Waals surface area contributed by atoms with E-state index in [-0.39, 0.29) is 29.0 Å². The number of rotatable bonds is 7. The Kier molecular flexibility index (Phi) is 5.00. The summed E-state index contributed by atoms with van der Waals surface area (Å²) in [6, 6.07) is 9.82. The lowest BCUT2D eigenvalue weighted by Gasteiger charge is -2.11. The smallest absolute Gasteiger partial charge is 0.338 e. The molecule has 5 rings (SSSR count). The van der Waals surface area contributed by atoms with E-state index in [4.69, 9.17) is 9.15 Å². The number of aryl methyl sites for hydroxylation is 1. The van der Waals surface area contributed by atoms with Gasteiger partial charge < -0.3 is 13.7 Å². The average molecular weight is 446 g/mol. The third-order valence-corrected chi connectivity index (χ3v) is 6.13. The van der Waals surface area contributed by atoms with Gasteiger partial charge in [0.05, 0.1) is 29.5 Å². The number of ether oxygens (including phenoxy) is 1. The van der Waals surface area contributed by atoms with Crippen molar-refractivity contribution in [3.05, 3.63) is 82.1 Å². The number of ketones is 1. The molecule has 0 unspecified atom stereocenters. The molecule has 1 fully saturated rings. The molecule has 8 heteroatoms. The Labute approximate surface area is 189 Å². The number of carbonyl (C=O) groups is 4. The molecule has 2 aliphatic rings. The number of aromatic nitrogens is 1. The minimum atomic E-state index is -0.730. The van der Waals surface area contributed by atoms with Crippen LogP contribution in [0.15, 0.2) is 47.1 Å². The van der Waals surface area contributed by atoms with E-state index in [1.54, 1.807) is 12.1 Å². The van der Waals surface area contributed by atoms with E-state index in [1.807, 2.05) is 19.9 Å². The number of nitrogens with zero attached hydrogens (tertiary/aromatic N) is 2. The molecule has 2 amide bonds. The molecule has 0 spiro atoms. The van der Waals surface area contributed by atoms with E-state index in [1.165, 1.54) is 24.5 Å². The molecule has 0 atom stereocenters. The minimum absolute atomic E-state index is 0.00685. The summed E-state index contributed by atoms with van der Waals surface area (Å²) >= 11 is 0. The van der Waals surface area contributed by atoms with Crippen LogP contribution in [0.5, 0.6) is 0 Å². The molecule has 0 N–H and O–H groups in total. The van der Waals surface area contributed by atoms with Gasteiger partial charge in [-0.3, -0.25) is 19.3 Å². The molecule has 8 nitrogen and oxygen atoms in total. The van der Waals surface area contributed by atoms with Gasteiger partial charge in [0.25, 0.3) is 11.8 Å². The zero-order valence-corrected chi connectivity index (χ0v) is 18.3. The number of imide groups is 1. The predicted molar refractivity (Wildman–Crippen MR) is 116 cm³/mol. The number of hydrogen-bond acceptors (Lipinski definition) is 6. The lowest BCUT2D eigenvalue weighted by Crippen LogP contribution is -2.28.